The van der Waals surface area contributed by atoms with Crippen LogP contribution < -0.4 is 5.32 Å². The number of aliphatic imine (C=N–C) groups is 1. The molecule has 0 spiro atoms. The average Bonchev–Trinajstić information content (AvgIpc) is 3.01. The molecule has 1 N–H and O–H groups in total. The van der Waals surface area contributed by atoms with Crippen molar-refractivity contribution in [1.29, 1.82) is 0 Å². The summed E-state index contributed by atoms with van der Waals surface area (Å²) in [6.07, 6.45) is 3.07. The molecule has 0 saturated heterocycles. The lowest BCUT2D eigenvalue weighted by atomic mass is 9.79. The molecule has 1 aliphatic heterocycles. The van der Waals surface area contributed by atoms with Gasteiger partial charge in [0.05, 0.1) is 6.04 Å². The molecule has 1 aliphatic rings. The van der Waals surface area contributed by atoms with Gasteiger partial charge < -0.3 is 5.32 Å². The molecule has 4 nitrogen and oxygen atoms in total. The third kappa shape index (κ3) is 3.45. The van der Waals surface area contributed by atoms with Crippen molar-refractivity contribution in [3.05, 3.63) is 94.5 Å². The van der Waals surface area contributed by atoms with Crippen molar-refractivity contribution in [2.45, 2.75) is 18.5 Å². The molecule has 28 heavy (non-hydrogen) atoms. The first-order valence-electron chi connectivity index (χ1n) is 8.35. The molecular formula is C20H16Cl2F2N4. The van der Waals surface area contributed by atoms with E-state index in [1.807, 2.05) is 6.92 Å². The molecule has 0 fully saturated rings. The number of rotatable bonds is 3. The topological polar surface area (TPSA) is 50.2 Å². The van der Waals surface area contributed by atoms with Crippen molar-refractivity contribution in [2.24, 2.45) is 4.99 Å². The van der Waals surface area contributed by atoms with Crippen LogP contribution in [0, 0.1) is 11.8 Å². The van der Waals surface area contributed by atoms with Crippen LogP contribution in [0.2, 0.25) is 5.02 Å². The number of nitrogens with zero attached hydrogens (tertiary/aromatic N) is 3. The molecule has 144 valence electrons. The van der Waals surface area contributed by atoms with E-state index in [2.05, 4.69) is 15.3 Å². The second-order valence-electron chi connectivity index (χ2n) is 6.32. The van der Waals surface area contributed by atoms with Crippen LogP contribution in [-0.2, 0) is 5.54 Å². The van der Waals surface area contributed by atoms with Crippen LogP contribution in [0.5, 0.6) is 0 Å². The number of hydrogen-bond donors (Lipinski definition) is 1. The number of hydrogen-bond acceptors (Lipinski definition) is 4. The van der Waals surface area contributed by atoms with Crippen LogP contribution in [0.15, 0.2) is 65.9 Å². The van der Waals surface area contributed by atoms with E-state index in [-0.39, 0.29) is 24.3 Å². The zero-order valence-electron chi connectivity index (χ0n) is 14.7. The molecule has 2 aromatic heterocycles. The molecule has 2 atom stereocenters. The quantitative estimate of drug-likeness (QED) is 0.634. The van der Waals surface area contributed by atoms with Crippen LogP contribution in [0.4, 0.5) is 8.78 Å². The van der Waals surface area contributed by atoms with E-state index in [0.717, 1.165) is 5.56 Å². The highest BCUT2D eigenvalue weighted by molar-refractivity contribution is 6.30. The molecule has 0 radical (unpaired) electrons. The summed E-state index contributed by atoms with van der Waals surface area (Å²) in [4.78, 5) is 12.8. The molecule has 0 amide bonds. The predicted octanol–water partition coefficient (Wildman–Crippen LogP) is 4.51. The van der Waals surface area contributed by atoms with E-state index < -0.39 is 11.5 Å². The SMILES string of the molecule is C[C@@H]1N=C(c2cc(Cl)ccn2)N[C@@]1(c1ccc(F)cc1)c1ccc(F)nc1.Cl. The Hall–Kier alpha value is -2.57. The number of aromatic nitrogens is 2. The molecule has 0 bridgehead atoms. The fourth-order valence-corrected chi connectivity index (χ4v) is 3.55. The fraction of sp³-hybridized carbons (Fsp3) is 0.150. The first-order valence-corrected chi connectivity index (χ1v) is 8.73. The molecule has 1 aromatic carbocycles. The maximum absolute atomic E-state index is 13.5. The highest BCUT2D eigenvalue weighted by atomic mass is 35.5. The van der Waals surface area contributed by atoms with E-state index in [1.54, 1.807) is 36.5 Å². The summed E-state index contributed by atoms with van der Waals surface area (Å²) >= 11 is 6.08. The summed E-state index contributed by atoms with van der Waals surface area (Å²) in [6, 6.07) is 12.2. The number of pyridine rings is 2. The van der Waals surface area contributed by atoms with Crippen LogP contribution in [-0.4, -0.2) is 21.8 Å². The van der Waals surface area contributed by atoms with Gasteiger partial charge in [-0.05, 0) is 42.8 Å². The van der Waals surface area contributed by atoms with Crippen molar-refractivity contribution in [1.82, 2.24) is 15.3 Å². The molecule has 3 aromatic rings. The van der Waals surface area contributed by atoms with Gasteiger partial charge in [-0.3, -0.25) is 9.98 Å². The standard InChI is InChI=1S/C20H15ClF2N4.ClH/c1-12-20(13-2-5-16(22)6-3-13,14-4-7-18(23)25-11-14)27-19(26-12)17-10-15(21)8-9-24-17;/h2-12H,1H3,(H,26,27);1H/t12-,20-;/m0./s1. The Morgan fingerprint density at radius 3 is 2.36 bits per heavy atom. The number of nitrogens with one attached hydrogen (secondary N) is 1. The second-order valence-corrected chi connectivity index (χ2v) is 6.76. The normalized spacial score (nSPS) is 20.9. The van der Waals surface area contributed by atoms with Crippen LogP contribution in [0.1, 0.15) is 23.7 Å². The third-order valence-electron chi connectivity index (χ3n) is 4.71. The zero-order chi connectivity index (χ0) is 19.0. The van der Waals surface area contributed by atoms with Gasteiger partial charge in [0.2, 0.25) is 5.95 Å². The summed E-state index contributed by atoms with van der Waals surface area (Å²) < 4.78 is 26.9. The highest BCUT2D eigenvalue weighted by Crippen LogP contribution is 2.38. The van der Waals surface area contributed by atoms with E-state index in [1.165, 1.54) is 24.4 Å². The van der Waals surface area contributed by atoms with Gasteiger partial charge >= 0.3 is 0 Å². The minimum Gasteiger partial charge on any atom is -0.353 e. The lowest BCUT2D eigenvalue weighted by molar-refractivity contribution is 0.430. The van der Waals surface area contributed by atoms with E-state index in [4.69, 9.17) is 16.6 Å². The van der Waals surface area contributed by atoms with Crippen molar-refractivity contribution in [3.8, 4) is 0 Å². The monoisotopic (exact) mass is 420 g/mol. The number of amidine groups is 1. The van der Waals surface area contributed by atoms with Gasteiger partial charge in [-0.15, -0.1) is 12.4 Å². The Balaban J connectivity index is 0.00000225. The van der Waals surface area contributed by atoms with Gasteiger partial charge in [-0.1, -0.05) is 29.8 Å². The van der Waals surface area contributed by atoms with Gasteiger partial charge in [-0.2, -0.15) is 4.39 Å². The number of benzene rings is 1. The summed E-state index contributed by atoms with van der Waals surface area (Å²) in [5.41, 5.74) is 1.25. The minimum absolute atomic E-state index is 0. The summed E-state index contributed by atoms with van der Waals surface area (Å²) in [6.45, 7) is 1.93. The van der Waals surface area contributed by atoms with Crippen molar-refractivity contribution < 1.29 is 8.78 Å². The lowest BCUT2D eigenvalue weighted by Crippen LogP contribution is -2.48. The Kier molecular flexibility index (Phi) is 5.63. The molecule has 0 saturated carbocycles. The lowest BCUT2D eigenvalue weighted by Gasteiger charge is -2.34. The maximum atomic E-state index is 13.5. The van der Waals surface area contributed by atoms with Gasteiger partial charge in [0.15, 0.2) is 0 Å². The van der Waals surface area contributed by atoms with E-state index >= 15 is 0 Å². The molecule has 0 unspecified atom stereocenters. The summed E-state index contributed by atoms with van der Waals surface area (Å²) in [5, 5.41) is 3.95. The van der Waals surface area contributed by atoms with Crippen LogP contribution >= 0.6 is 24.0 Å². The largest absolute Gasteiger partial charge is 0.353 e. The number of halogens is 4. The van der Waals surface area contributed by atoms with E-state index in [9.17, 15) is 8.78 Å². The van der Waals surface area contributed by atoms with Crippen LogP contribution in [0.25, 0.3) is 0 Å². The highest BCUT2D eigenvalue weighted by Gasteiger charge is 2.45. The van der Waals surface area contributed by atoms with Gasteiger partial charge in [0.1, 0.15) is 22.9 Å². The van der Waals surface area contributed by atoms with E-state index in [0.29, 0.717) is 22.1 Å². The van der Waals surface area contributed by atoms with Crippen molar-refractivity contribution in [2.75, 3.05) is 0 Å². The Morgan fingerprint density at radius 2 is 1.71 bits per heavy atom. The van der Waals surface area contributed by atoms with Crippen molar-refractivity contribution in [3.63, 3.8) is 0 Å². The molecule has 8 heteroatoms. The van der Waals surface area contributed by atoms with Gasteiger partial charge in [-0.25, -0.2) is 9.37 Å². The predicted molar refractivity (Wildman–Crippen MR) is 107 cm³/mol. The third-order valence-corrected chi connectivity index (χ3v) is 4.95. The van der Waals surface area contributed by atoms with Gasteiger partial charge in [0.25, 0.3) is 0 Å². The summed E-state index contributed by atoms with van der Waals surface area (Å²) in [7, 11) is 0. The maximum Gasteiger partial charge on any atom is 0.212 e. The van der Waals surface area contributed by atoms with Gasteiger partial charge in [0, 0.05) is 23.0 Å². The minimum atomic E-state index is -0.840. The first kappa shape index (κ1) is 20.2. The Labute approximate surface area is 172 Å². The fourth-order valence-electron chi connectivity index (χ4n) is 3.39. The molecule has 0 aliphatic carbocycles. The second kappa shape index (κ2) is 7.81. The molecule has 3 heterocycles. The molecule has 4 rings (SSSR count). The first-order chi connectivity index (χ1) is 13.0. The Bertz CT molecular complexity index is 962. The summed E-state index contributed by atoms with van der Waals surface area (Å²) in [5.74, 6) is -0.357. The Morgan fingerprint density at radius 1 is 1.00 bits per heavy atom. The van der Waals surface area contributed by atoms with Crippen LogP contribution in [0.3, 0.4) is 0 Å². The zero-order valence-corrected chi connectivity index (χ0v) is 16.3. The average molecular weight is 421 g/mol. The van der Waals surface area contributed by atoms with Crippen molar-refractivity contribution >= 4 is 29.8 Å². The molecular weight excluding hydrogens is 405 g/mol. The smallest absolute Gasteiger partial charge is 0.212 e.